The molecular weight excluding hydrogens is 695 g/mol. The Morgan fingerprint density at radius 3 is 2.02 bits per heavy atom. The number of fused-ring (bicyclic) bond motifs is 1. The number of hydrogen-bond donors (Lipinski definition) is 4. The molecule has 12 nitrogen and oxygen atoms in total. The Morgan fingerprint density at radius 1 is 0.836 bits per heavy atom. The minimum absolute atomic E-state index is 0.0229. The second kappa shape index (κ2) is 24.9. The van der Waals surface area contributed by atoms with Gasteiger partial charge < -0.3 is 25.5 Å². The van der Waals surface area contributed by atoms with Gasteiger partial charge in [0.25, 0.3) is 5.91 Å². The van der Waals surface area contributed by atoms with Gasteiger partial charge in [-0.3, -0.25) is 24.7 Å². The number of unbranched alkanes of at least 4 members (excludes halogenated alkanes) is 12. The van der Waals surface area contributed by atoms with Crippen LogP contribution in [0.5, 0.6) is 0 Å². The molecule has 2 aromatic heterocycles. The van der Waals surface area contributed by atoms with Gasteiger partial charge in [-0.2, -0.15) is 0 Å². The van der Waals surface area contributed by atoms with E-state index >= 15 is 0 Å². The first-order chi connectivity index (χ1) is 26.6. The molecule has 0 aliphatic heterocycles. The highest BCUT2D eigenvalue weighted by molar-refractivity contribution is 6.07. The molecular formula is C43H61N7O5. The number of aryl methyl sites for hydroxylation is 1. The number of nitrogen functional groups attached to an aromatic ring is 1. The quantitative estimate of drug-likeness (QED) is 0.0235. The van der Waals surface area contributed by atoms with Crippen LogP contribution in [0.4, 0.5) is 11.5 Å². The predicted octanol–water partition coefficient (Wildman–Crippen LogP) is 9.02. The maximum Gasteiger partial charge on any atom is 0.307 e. The fourth-order valence-electron chi connectivity index (χ4n) is 6.21. The molecule has 0 unspecified atom stereocenters. The lowest BCUT2D eigenvalue weighted by molar-refractivity contribution is -0.143. The Labute approximate surface area is 326 Å². The maximum absolute atomic E-state index is 13.5. The fourth-order valence-corrected chi connectivity index (χ4v) is 6.21. The Balaban J connectivity index is 0.000000382. The number of rotatable bonds is 24. The lowest BCUT2D eigenvalue weighted by Gasteiger charge is -2.21. The number of amides is 1. The summed E-state index contributed by atoms with van der Waals surface area (Å²) in [7, 11) is 1.92. The van der Waals surface area contributed by atoms with Crippen LogP contribution < -0.4 is 16.0 Å². The lowest BCUT2D eigenvalue weighted by Crippen LogP contribution is -2.34. The number of nitrogens with zero attached hydrogens (tertiary/aromatic N) is 4. The third-order valence-electron chi connectivity index (χ3n) is 9.38. The van der Waals surface area contributed by atoms with Crippen LogP contribution in [-0.4, -0.2) is 56.5 Å². The van der Waals surface area contributed by atoms with Crippen LogP contribution in [0.15, 0.2) is 66.9 Å². The summed E-state index contributed by atoms with van der Waals surface area (Å²) < 4.78 is 7.00. The standard InChI is InChI=1S/C27H29N7O3.C16H32O2/c1-3-37-25(35)13-15-34(23-6-4-5-14-30-23)27(36)19-9-12-22-21(16-19)32-24(33(22)2)17-31-20-10-7-18(8-11-20)26(28)29;1-2-3-4-5-6-7-8-9-10-11-12-13-14-15-16(17)18/h4-12,14,16,31H,3,13,15,17H2,1-2H3,(H3,28,29);2-15H2,1H3,(H,17,18). The van der Waals surface area contributed by atoms with Gasteiger partial charge in [-0.15, -0.1) is 0 Å². The molecule has 12 heteroatoms. The van der Waals surface area contributed by atoms with Crippen LogP contribution in [-0.2, 0) is 27.9 Å². The average Bonchev–Trinajstić information content (AvgIpc) is 3.50. The first-order valence-electron chi connectivity index (χ1n) is 19.9. The van der Waals surface area contributed by atoms with Crippen LogP contribution in [0, 0.1) is 5.41 Å². The molecule has 0 aliphatic carbocycles. The number of anilines is 2. The molecule has 0 atom stereocenters. The summed E-state index contributed by atoms with van der Waals surface area (Å²) >= 11 is 0. The van der Waals surface area contributed by atoms with Crippen molar-refractivity contribution in [2.24, 2.45) is 12.8 Å². The summed E-state index contributed by atoms with van der Waals surface area (Å²) in [5, 5.41) is 19.3. The summed E-state index contributed by atoms with van der Waals surface area (Å²) in [6.45, 7) is 4.90. The van der Waals surface area contributed by atoms with Crippen molar-refractivity contribution in [2.45, 2.75) is 117 Å². The molecule has 5 N–H and O–H groups in total. The number of carboxylic acid groups (broad SMARTS) is 1. The molecule has 0 saturated heterocycles. The molecule has 0 bridgehead atoms. The summed E-state index contributed by atoms with van der Waals surface area (Å²) in [6, 6.07) is 18.0. The number of nitrogens with one attached hydrogen (secondary N) is 2. The first kappa shape index (κ1) is 44.1. The normalized spacial score (nSPS) is 10.7. The van der Waals surface area contributed by atoms with E-state index in [9.17, 15) is 14.4 Å². The number of benzene rings is 2. The first-order valence-corrected chi connectivity index (χ1v) is 19.9. The molecule has 2 aromatic carbocycles. The molecule has 0 aliphatic rings. The average molecular weight is 756 g/mol. The number of amidine groups is 1. The molecule has 0 saturated carbocycles. The highest BCUT2D eigenvalue weighted by Gasteiger charge is 2.21. The molecule has 55 heavy (non-hydrogen) atoms. The zero-order valence-corrected chi connectivity index (χ0v) is 33.0. The van der Waals surface area contributed by atoms with Crippen molar-refractivity contribution < 1.29 is 24.2 Å². The SMILES string of the molecule is CCCCCCCCCCCCCCCC(=O)O.CCOC(=O)CCN(C(=O)c1ccc2c(c1)nc(CNc1ccc(C(=N)N)cc1)n2C)c1ccccn1. The number of imidazole rings is 1. The number of ether oxygens (including phenoxy) is 1. The lowest BCUT2D eigenvalue weighted by atomic mass is 10.0. The van der Waals surface area contributed by atoms with E-state index in [1.54, 1.807) is 55.6 Å². The fraction of sp³-hybridized carbons (Fsp3) is 0.488. The van der Waals surface area contributed by atoms with Crippen molar-refractivity contribution in [2.75, 3.05) is 23.4 Å². The van der Waals surface area contributed by atoms with Gasteiger partial charge in [0.2, 0.25) is 0 Å². The van der Waals surface area contributed by atoms with Gasteiger partial charge in [-0.25, -0.2) is 9.97 Å². The van der Waals surface area contributed by atoms with Gasteiger partial charge in [0.15, 0.2) is 0 Å². The summed E-state index contributed by atoms with van der Waals surface area (Å²) in [5.41, 5.74) is 9.07. The number of carbonyl (C=O) groups is 3. The van der Waals surface area contributed by atoms with E-state index in [-0.39, 0.29) is 37.3 Å². The van der Waals surface area contributed by atoms with Gasteiger partial charge in [0.05, 0.1) is 30.6 Å². The largest absolute Gasteiger partial charge is 0.481 e. The maximum atomic E-state index is 13.5. The van der Waals surface area contributed by atoms with Crippen LogP contribution in [0.2, 0.25) is 0 Å². The monoisotopic (exact) mass is 755 g/mol. The van der Waals surface area contributed by atoms with Gasteiger partial charge in [0.1, 0.15) is 17.5 Å². The Bertz CT molecular complexity index is 1760. The Hall–Kier alpha value is -5.26. The molecule has 0 fully saturated rings. The number of aliphatic carboxylic acids is 1. The number of carboxylic acids is 1. The van der Waals surface area contributed by atoms with E-state index in [1.807, 2.05) is 29.8 Å². The Morgan fingerprint density at radius 2 is 1.45 bits per heavy atom. The van der Waals surface area contributed by atoms with Crippen molar-refractivity contribution in [3.8, 4) is 0 Å². The third kappa shape index (κ3) is 15.9. The molecule has 1 amide bonds. The highest BCUT2D eigenvalue weighted by Crippen LogP contribution is 2.22. The molecule has 4 aromatic rings. The van der Waals surface area contributed by atoms with E-state index in [1.165, 1.54) is 75.5 Å². The predicted molar refractivity (Wildman–Crippen MR) is 221 cm³/mol. The minimum atomic E-state index is -0.655. The van der Waals surface area contributed by atoms with Crippen LogP contribution in [0.1, 0.15) is 132 Å². The van der Waals surface area contributed by atoms with Gasteiger partial charge >= 0.3 is 11.9 Å². The van der Waals surface area contributed by atoms with Gasteiger partial charge in [-0.1, -0.05) is 90.0 Å². The van der Waals surface area contributed by atoms with Crippen molar-refractivity contribution in [1.82, 2.24) is 14.5 Å². The second-order valence-electron chi connectivity index (χ2n) is 13.7. The van der Waals surface area contributed by atoms with Crippen LogP contribution in [0.25, 0.3) is 11.0 Å². The molecule has 0 radical (unpaired) electrons. The number of esters is 1. The number of aromatic nitrogens is 3. The Kier molecular flexibility index (Phi) is 20.0. The van der Waals surface area contributed by atoms with E-state index in [2.05, 4.69) is 17.2 Å². The summed E-state index contributed by atoms with van der Waals surface area (Å²) in [4.78, 5) is 46.3. The van der Waals surface area contributed by atoms with E-state index in [4.69, 9.17) is 26.0 Å². The van der Waals surface area contributed by atoms with Gasteiger partial charge in [0, 0.05) is 43.0 Å². The molecule has 4 rings (SSSR count). The zero-order chi connectivity index (χ0) is 39.8. The highest BCUT2D eigenvalue weighted by atomic mass is 16.5. The van der Waals surface area contributed by atoms with E-state index < -0.39 is 5.97 Å². The summed E-state index contributed by atoms with van der Waals surface area (Å²) in [5.74, 6) is -0.0316. The smallest absolute Gasteiger partial charge is 0.307 e. The van der Waals surface area contributed by atoms with Crippen LogP contribution in [0.3, 0.4) is 0 Å². The van der Waals surface area contributed by atoms with E-state index in [0.717, 1.165) is 29.9 Å². The van der Waals surface area contributed by atoms with E-state index in [0.29, 0.717) is 35.4 Å². The minimum Gasteiger partial charge on any atom is -0.481 e. The number of hydrogen-bond acceptors (Lipinski definition) is 8. The molecule has 298 valence electrons. The summed E-state index contributed by atoms with van der Waals surface area (Å²) in [6.07, 6.45) is 18.9. The van der Waals surface area contributed by atoms with Crippen molar-refractivity contribution in [3.05, 3.63) is 83.8 Å². The zero-order valence-electron chi connectivity index (χ0n) is 33.0. The second-order valence-corrected chi connectivity index (χ2v) is 13.7. The van der Waals surface area contributed by atoms with Crippen molar-refractivity contribution >= 4 is 46.2 Å². The number of nitrogens with two attached hydrogens (primary N) is 1. The van der Waals surface area contributed by atoms with Crippen LogP contribution >= 0.6 is 0 Å². The topological polar surface area (TPSA) is 177 Å². The molecule has 2 heterocycles. The van der Waals surface area contributed by atoms with Crippen molar-refractivity contribution in [1.29, 1.82) is 5.41 Å². The van der Waals surface area contributed by atoms with Crippen molar-refractivity contribution in [3.63, 3.8) is 0 Å². The third-order valence-corrected chi connectivity index (χ3v) is 9.38. The molecule has 0 spiro atoms. The van der Waals surface area contributed by atoms with Gasteiger partial charge in [-0.05, 0) is 67.9 Å². The number of carbonyl (C=O) groups excluding carboxylic acids is 2. The number of pyridine rings is 1.